The summed E-state index contributed by atoms with van der Waals surface area (Å²) >= 11 is 5.98. The highest BCUT2D eigenvalue weighted by atomic mass is 35.5. The number of nitrogens with zero attached hydrogens (tertiary/aromatic N) is 1. The van der Waals surface area contributed by atoms with Crippen molar-refractivity contribution < 1.29 is 14.3 Å². The van der Waals surface area contributed by atoms with E-state index in [9.17, 15) is 9.59 Å². The quantitative estimate of drug-likeness (QED) is 0.598. The Hall–Kier alpha value is -2.57. The second-order valence-electron chi connectivity index (χ2n) is 6.39. The molecule has 2 aromatic carbocycles. The van der Waals surface area contributed by atoms with Crippen LogP contribution >= 0.6 is 11.6 Å². The lowest BCUT2D eigenvalue weighted by Gasteiger charge is -2.25. The number of aryl methyl sites for hydroxylation is 1. The number of amides is 2. The number of ether oxygens (including phenoxy) is 1. The predicted molar refractivity (Wildman–Crippen MR) is 112 cm³/mol. The molecule has 0 bridgehead atoms. The zero-order chi connectivity index (χ0) is 20.4. The van der Waals surface area contributed by atoms with Crippen molar-refractivity contribution in [2.75, 3.05) is 38.3 Å². The summed E-state index contributed by atoms with van der Waals surface area (Å²) in [6.45, 7) is 3.35. The van der Waals surface area contributed by atoms with E-state index in [1.54, 1.807) is 18.1 Å². The molecular weight excluding hydrogens is 378 g/mol. The summed E-state index contributed by atoms with van der Waals surface area (Å²) in [4.78, 5) is 26.5. The summed E-state index contributed by atoms with van der Waals surface area (Å²) in [6.07, 6.45) is 0. The summed E-state index contributed by atoms with van der Waals surface area (Å²) in [7, 11) is 1.58. The zero-order valence-electron chi connectivity index (χ0n) is 16.2. The van der Waals surface area contributed by atoms with Crippen LogP contribution in [0.25, 0.3) is 0 Å². The average molecular weight is 404 g/mol. The van der Waals surface area contributed by atoms with Crippen LogP contribution in [-0.2, 0) is 20.9 Å². The molecule has 0 aromatic heterocycles. The number of para-hydroxylation sites is 1. The van der Waals surface area contributed by atoms with Gasteiger partial charge in [0.1, 0.15) is 0 Å². The maximum absolute atomic E-state index is 12.5. The molecule has 0 heterocycles. The Morgan fingerprint density at radius 1 is 1.04 bits per heavy atom. The van der Waals surface area contributed by atoms with Gasteiger partial charge in [-0.3, -0.25) is 9.59 Å². The monoisotopic (exact) mass is 403 g/mol. The molecule has 0 spiro atoms. The molecule has 2 aromatic rings. The number of halogens is 1. The first-order chi connectivity index (χ1) is 13.5. The molecule has 0 fully saturated rings. The molecule has 0 radical (unpaired) electrons. The Morgan fingerprint density at radius 3 is 2.43 bits per heavy atom. The van der Waals surface area contributed by atoms with Crippen LogP contribution in [0.2, 0.25) is 5.02 Å². The zero-order valence-corrected chi connectivity index (χ0v) is 17.0. The largest absolute Gasteiger partial charge is 0.383 e. The Labute approximate surface area is 170 Å². The Kier molecular flexibility index (Phi) is 8.78. The van der Waals surface area contributed by atoms with E-state index in [-0.39, 0.29) is 24.9 Å². The van der Waals surface area contributed by atoms with Crippen molar-refractivity contribution in [3.8, 4) is 0 Å². The Morgan fingerprint density at radius 2 is 1.75 bits per heavy atom. The number of hydrogen-bond donors (Lipinski definition) is 2. The van der Waals surface area contributed by atoms with Gasteiger partial charge in [-0.1, -0.05) is 41.9 Å². The molecular formula is C21H26ClN3O3. The van der Waals surface area contributed by atoms with E-state index in [4.69, 9.17) is 16.3 Å². The van der Waals surface area contributed by atoms with Crippen molar-refractivity contribution in [3.63, 3.8) is 0 Å². The number of rotatable bonds is 10. The van der Waals surface area contributed by atoms with Gasteiger partial charge in [-0.05, 0) is 36.2 Å². The summed E-state index contributed by atoms with van der Waals surface area (Å²) < 4.78 is 4.95. The van der Waals surface area contributed by atoms with Gasteiger partial charge in [-0.25, -0.2) is 0 Å². The van der Waals surface area contributed by atoms with Gasteiger partial charge in [0.25, 0.3) is 0 Å². The molecule has 2 rings (SSSR count). The molecule has 0 aliphatic heterocycles. The van der Waals surface area contributed by atoms with E-state index >= 15 is 0 Å². The number of hydrogen-bond acceptors (Lipinski definition) is 4. The first kappa shape index (κ1) is 21.7. The third kappa shape index (κ3) is 7.21. The van der Waals surface area contributed by atoms with Crippen LogP contribution < -0.4 is 15.5 Å². The van der Waals surface area contributed by atoms with E-state index in [0.29, 0.717) is 24.7 Å². The van der Waals surface area contributed by atoms with Crippen molar-refractivity contribution >= 4 is 29.1 Å². The minimum atomic E-state index is -0.173. The van der Waals surface area contributed by atoms with Crippen LogP contribution in [0.3, 0.4) is 0 Å². The Bertz CT molecular complexity index is 798. The lowest BCUT2D eigenvalue weighted by Crippen LogP contribution is -2.43. The van der Waals surface area contributed by atoms with Gasteiger partial charge in [-0.2, -0.15) is 0 Å². The van der Waals surface area contributed by atoms with Crippen molar-refractivity contribution in [3.05, 3.63) is 64.7 Å². The van der Waals surface area contributed by atoms with Crippen LogP contribution in [0, 0.1) is 6.92 Å². The third-order valence-electron chi connectivity index (χ3n) is 4.13. The average Bonchev–Trinajstić information content (AvgIpc) is 2.66. The van der Waals surface area contributed by atoms with E-state index in [1.165, 1.54) is 0 Å². The van der Waals surface area contributed by atoms with Crippen LogP contribution in [0.1, 0.15) is 11.1 Å². The third-order valence-corrected chi connectivity index (χ3v) is 4.37. The lowest BCUT2D eigenvalue weighted by atomic mass is 10.1. The minimum Gasteiger partial charge on any atom is -0.383 e. The number of methoxy groups -OCH3 is 1. The summed E-state index contributed by atoms with van der Waals surface area (Å²) in [5, 5.41) is 6.30. The maximum Gasteiger partial charge on any atom is 0.239 e. The predicted octanol–water partition coefficient (Wildman–Crippen LogP) is 2.53. The van der Waals surface area contributed by atoms with Crippen LogP contribution in [0.5, 0.6) is 0 Å². The fourth-order valence-electron chi connectivity index (χ4n) is 2.74. The molecule has 28 heavy (non-hydrogen) atoms. The Balaban J connectivity index is 2.01. The molecule has 6 nitrogen and oxygen atoms in total. The van der Waals surface area contributed by atoms with Gasteiger partial charge in [0, 0.05) is 30.9 Å². The molecule has 0 aliphatic carbocycles. The standard InChI is InChI=1S/C21H26ClN3O3/c1-16-6-3-4-9-19(16)25(14-20(26)23-10-11-28-2)15-21(27)24-13-17-7-5-8-18(22)12-17/h3-9,12H,10-11,13-15H2,1-2H3,(H,23,26)(H,24,27). The number of carbonyl (C=O) groups is 2. The van der Waals surface area contributed by atoms with Crippen LogP contribution in [0.15, 0.2) is 48.5 Å². The van der Waals surface area contributed by atoms with Crippen LogP contribution in [-0.4, -0.2) is 45.2 Å². The van der Waals surface area contributed by atoms with Crippen molar-refractivity contribution in [2.24, 2.45) is 0 Å². The van der Waals surface area contributed by atoms with Crippen LogP contribution in [0.4, 0.5) is 5.69 Å². The van der Waals surface area contributed by atoms with Gasteiger partial charge in [-0.15, -0.1) is 0 Å². The fraction of sp³-hybridized carbons (Fsp3) is 0.333. The lowest BCUT2D eigenvalue weighted by molar-refractivity contribution is -0.120. The topological polar surface area (TPSA) is 70.7 Å². The van der Waals surface area contributed by atoms with Gasteiger partial charge in [0.15, 0.2) is 0 Å². The van der Waals surface area contributed by atoms with Gasteiger partial charge in [0.2, 0.25) is 11.8 Å². The highest BCUT2D eigenvalue weighted by Crippen LogP contribution is 2.19. The molecule has 0 saturated carbocycles. The summed E-state index contributed by atoms with van der Waals surface area (Å²) in [6, 6.07) is 15.0. The normalized spacial score (nSPS) is 10.4. The number of benzene rings is 2. The number of carbonyl (C=O) groups excluding carboxylic acids is 2. The summed E-state index contributed by atoms with van der Waals surface area (Å²) in [5.41, 5.74) is 2.76. The number of anilines is 1. The first-order valence-corrected chi connectivity index (χ1v) is 9.44. The summed E-state index contributed by atoms with van der Waals surface area (Å²) in [5.74, 6) is -0.337. The van der Waals surface area contributed by atoms with E-state index < -0.39 is 0 Å². The second-order valence-corrected chi connectivity index (χ2v) is 6.83. The van der Waals surface area contributed by atoms with Gasteiger partial charge in [0.05, 0.1) is 19.7 Å². The maximum atomic E-state index is 12.5. The van der Waals surface area contributed by atoms with Crippen molar-refractivity contribution in [1.82, 2.24) is 10.6 Å². The molecule has 0 atom stereocenters. The smallest absolute Gasteiger partial charge is 0.239 e. The minimum absolute atomic E-state index is 0.0725. The first-order valence-electron chi connectivity index (χ1n) is 9.07. The number of nitrogens with one attached hydrogen (secondary N) is 2. The van der Waals surface area contributed by atoms with E-state index in [1.807, 2.05) is 49.4 Å². The fourth-order valence-corrected chi connectivity index (χ4v) is 2.96. The molecule has 0 saturated heterocycles. The highest BCUT2D eigenvalue weighted by Gasteiger charge is 2.16. The second kappa shape index (κ2) is 11.3. The van der Waals surface area contributed by atoms with Crippen molar-refractivity contribution in [2.45, 2.75) is 13.5 Å². The van der Waals surface area contributed by atoms with Gasteiger partial charge < -0.3 is 20.3 Å². The molecule has 7 heteroatoms. The van der Waals surface area contributed by atoms with E-state index in [0.717, 1.165) is 16.8 Å². The molecule has 0 unspecified atom stereocenters. The molecule has 0 aliphatic rings. The van der Waals surface area contributed by atoms with Crippen molar-refractivity contribution in [1.29, 1.82) is 0 Å². The highest BCUT2D eigenvalue weighted by molar-refractivity contribution is 6.30. The molecule has 150 valence electrons. The molecule has 2 N–H and O–H groups in total. The van der Waals surface area contributed by atoms with E-state index in [2.05, 4.69) is 10.6 Å². The SMILES string of the molecule is COCCNC(=O)CN(CC(=O)NCc1cccc(Cl)c1)c1ccccc1C. The van der Waals surface area contributed by atoms with Gasteiger partial charge >= 0.3 is 0 Å². The molecule has 2 amide bonds.